The first-order valence-electron chi connectivity index (χ1n) is 8.32. The Labute approximate surface area is 178 Å². The summed E-state index contributed by atoms with van der Waals surface area (Å²) in [4.78, 5) is 19.2. The molecule has 0 aliphatic heterocycles. The van der Waals surface area contributed by atoms with Crippen LogP contribution >= 0.6 is 23.2 Å². The number of halogens is 6. The lowest BCUT2D eigenvalue weighted by Crippen LogP contribution is -2.27. The Hall–Kier alpha value is -2.91. The molecule has 1 aromatic carbocycles. The van der Waals surface area contributed by atoms with Crippen LogP contribution < -0.4 is 10.6 Å². The minimum absolute atomic E-state index is 0.145. The number of aromatic nitrogens is 2. The lowest BCUT2D eigenvalue weighted by Gasteiger charge is -2.14. The fraction of sp³-hybridized carbons (Fsp3) is 0.105. The molecule has 3 rings (SSSR count). The van der Waals surface area contributed by atoms with E-state index in [0.717, 1.165) is 12.1 Å². The minimum atomic E-state index is -4.88. The van der Waals surface area contributed by atoms with Crippen LogP contribution in [0.3, 0.4) is 0 Å². The van der Waals surface area contributed by atoms with Crippen molar-refractivity contribution in [3.63, 3.8) is 0 Å². The number of pyridine rings is 2. The highest BCUT2D eigenvalue weighted by Gasteiger charge is 2.37. The summed E-state index contributed by atoms with van der Waals surface area (Å²) in [6.07, 6.45) is -3.70. The average Bonchev–Trinajstić information content (AvgIpc) is 2.68. The van der Waals surface area contributed by atoms with E-state index in [-0.39, 0.29) is 22.4 Å². The van der Waals surface area contributed by atoms with Gasteiger partial charge in [-0.15, -0.1) is 0 Å². The Kier molecular flexibility index (Phi) is 6.42. The number of rotatable bonds is 5. The van der Waals surface area contributed by atoms with Gasteiger partial charge in [-0.25, -0.2) is 9.97 Å². The van der Waals surface area contributed by atoms with Crippen LogP contribution in [0.5, 0.6) is 0 Å². The van der Waals surface area contributed by atoms with Crippen LogP contribution in [-0.4, -0.2) is 15.9 Å². The molecule has 0 radical (unpaired) electrons. The fourth-order valence-corrected chi connectivity index (χ4v) is 2.78. The average molecular weight is 459 g/mol. The molecule has 0 unspecified atom stereocenters. The van der Waals surface area contributed by atoms with Gasteiger partial charge in [0.15, 0.2) is 5.69 Å². The second-order valence-corrected chi connectivity index (χ2v) is 6.83. The van der Waals surface area contributed by atoms with Crippen molar-refractivity contribution >= 4 is 40.6 Å². The number of carbonyl (C=O) groups is 1. The maximum absolute atomic E-state index is 13.5. The first-order chi connectivity index (χ1) is 14.1. The Balaban J connectivity index is 1.83. The number of hydrogen-bond acceptors (Lipinski definition) is 4. The molecule has 0 saturated carbocycles. The van der Waals surface area contributed by atoms with E-state index < -0.39 is 29.3 Å². The predicted octanol–water partition coefficient (Wildman–Crippen LogP) is 5.61. The normalized spacial score (nSPS) is 11.3. The zero-order valence-electron chi connectivity index (χ0n) is 14.9. The summed E-state index contributed by atoms with van der Waals surface area (Å²) >= 11 is 11.7. The van der Waals surface area contributed by atoms with Crippen molar-refractivity contribution in [1.29, 1.82) is 0 Å². The number of alkyl halides is 3. The highest BCUT2D eigenvalue weighted by molar-refractivity contribution is 6.42. The monoisotopic (exact) mass is 458 g/mol. The van der Waals surface area contributed by atoms with E-state index in [9.17, 15) is 22.4 Å². The van der Waals surface area contributed by atoms with Gasteiger partial charge >= 0.3 is 6.18 Å². The van der Waals surface area contributed by atoms with Gasteiger partial charge in [0.25, 0.3) is 5.91 Å². The predicted molar refractivity (Wildman–Crippen MR) is 104 cm³/mol. The third-order valence-electron chi connectivity index (χ3n) is 3.84. The van der Waals surface area contributed by atoms with Crippen LogP contribution in [0, 0.1) is 5.95 Å². The molecule has 5 nitrogen and oxygen atoms in total. The third-order valence-corrected chi connectivity index (χ3v) is 4.58. The van der Waals surface area contributed by atoms with Gasteiger partial charge in [-0.3, -0.25) is 4.79 Å². The number of hydrogen-bond donors (Lipinski definition) is 2. The molecule has 0 aliphatic rings. The number of anilines is 2. The minimum Gasteiger partial charge on any atom is -0.348 e. The van der Waals surface area contributed by atoms with Crippen molar-refractivity contribution in [2.24, 2.45) is 0 Å². The first-order valence-corrected chi connectivity index (χ1v) is 9.08. The third kappa shape index (κ3) is 5.37. The highest BCUT2D eigenvalue weighted by Crippen LogP contribution is 2.33. The number of carbonyl (C=O) groups excluding carboxylic acids is 1. The Morgan fingerprint density at radius 2 is 1.80 bits per heavy atom. The molecule has 1 amide bonds. The molecular formula is C19H12Cl2F4N4O. The van der Waals surface area contributed by atoms with Gasteiger partial charge < -0.3 is 10.6 Å². The van der Waals surface area contributed by atoms with E-state index in [1.807, 2.05) is 0 Å². The van der Waals surface area contributed by atoms with Gasteiger partial charge in [-0.2, -0.15) is 17.6 Å². The molecule has 0 spiro atoms. The standard InChI is InChI=1S/C19H12Cl2F4N4O/c20-13-3-1-11(8-14(13)21)28-16-4-2-12(17(29-16)19(23,24)25)18(30)27-9-10-5-6-26-15(22)7-10/h1-8H,9H2,(H,27,30)(H,28,29). The summed E-state index contributed by atoms with van der Waals surface area (Å²) in [7, 11) is 0. The first kappa shape index (κ1) is 21.8. The molecule has 11 heteroatoms. The lowest BCUT2D eigenvalue weighted by molar-refractivity contribution is -0.141. The summed E-state index contributed by atoms with van der Waals surface area (Å²) in [6.45, 7) is -0.182. The highest BCUT2D eigenvalue weighted by atomic mass is 35.5. The van der Waals surface area contributed by atoms with Crippen molar-refractivity contribution in [2.45, 2.75) is 12.7 Å². The van der Waals surface area contributed by atoms with Crippen molar-refractivity contribution in [1.82, 2.24) is 15.3 Å². The van der Waals surface area contributed by atoms with E-state index in [1.54, 1.807) is 0 Å². The van der Waals surface area contributed by atoms with Crippen molar-refractivity contribution < 1.29 is 22.4 Å². The number of nitrogens with zero attached hydrogens (tertiary/aromatic N) is 2. The van der Waals surface area contributed by atoms with Crippen molar-refractivity contribution in [2.75, 3.05) is 5.32 Å². The Bertz CT molecular complexity index is 1090. The van der Waals surface area contributed by atoms with Gasteiger partial charge in [-0.05, 0) is 48.0 Å². The molecule has 2 heterocycles. The Morgan fingerprint density at radius 1 is 1.03 bits per heavy atom. The van der Waals surface area contributed by atoms with Gasteiger partial charge in [-0.1, -0.05) is 23.2 Å². The van der Waals surface area contributed by atoms with Crippen molar-refractivity contribution in [3.05, 3.63) is 81.5 Å². The maximum Gasteiger partial charge on any atom is 0.434 e. The molecule has 0 fully saturated rings. The van der Waals surface area contributed by atoms with E-state index in [1.165, 1.54) is 36.5 Å². The summed E-state index contributed by atoms with van der Waals surface area (Å²) in [5.41, 5.74) is -1.33. The number of nitrogens with one attached hydrogen (secondary N) is 2. The van der Waals surface area contributed by atoms with Gasteiger partial charge in [0.05, 0.1) is 15.6 Å². The van der Waals surface area contributed by atoms with Gasteiger partial charge in [0.1, 0.15) is 5.82 Å². The van der Waals surface area contributed by atoms with E-state index in [2.05, 4.69) is 20.6 Å². The zero-order valence-corrected chi connectivity index (χ0v) is 16.4. The van der Waals surface area contributed by atoms with Crippen molar-refractivity contribution in [3.8, 4) is 0 Å². The summed E-state index contributed by atoms with van der Waals surface area (Å²) < 4.78 is 53.6. The molecule has 0 atom stereocenters. The van der Waals surface area contributed by atoms with Crippen LogP contribution in [0.4, 0.5) is 29.1 Å². The number of benzene rings is 1. The largest absolute Gasteiger partial charge is 0.434 e. The van der Waals surface area contributed by atoms with Crippen LogP contribution in [0.2, 0.25) is 10.0 Å². The second-order valence-electron chi connectivity index (χ2n) is 6.01. The summed E-state index contributed by atoms with van der Waals surface area (Å²) in [5, 5.41) is 5.49. The summed E-state index contributed by atoms with van der Waals surface area (Å²) in [6, 6.07) is 9.12. The van der Waals surface area contributed by atoms with Gasteiger partial charge in [0, 0.05) is 18.4 Å². The second kappa shape index (κ2) is 8.85. The molecular weight excluding hydrogens is 447 g/mol. The van der Waals surface area contributed by atoms with E-state index in [0.29, 0.717) is 11.3 Å². The van der Waals surface area contributed by atoms with Crippen LogP contribution in [0.15, 0.2) is 48.7 Å². The molecule has 30 heavy (non-hydrogen) atoms. The molecule has 2 aromatic heterocycles. The molecule has 0 saturated heterocycles. The van der Waals surface area contributed by atoms with E-state index in [4.69, 9.17) is 23.2 Å². The molecule has 3 aromatic rings. The maximum atomic E-state index is 13.5. The lowest BCUT2D eigenvalue weighted by atomic mass is 10.1. The molecule has 0 aliphatic carbocycles. The van der Waals surface area contributed by atoms with Crippen LogP contribution in [0.1, 0.15) is 21.6 Å². The Morgan fingerprint density at radius 3 is 2.47 bits per heavy atom. The number of amides is 1. The fourth-order valence-electron chi connectivity index (χ4n) is 2.48. The van der Waals surface area contributed by atoms with Crippen LogP contribution in [0.25, 0.3) is 0 Å². The quantitative estimate of drug-likeness (QED) is 0.384. The molecule has 2 N–H and O–H groups in total. The molecule has 156 valence electrons. The van der Waals surface area contributed by atoms with Gasteiger partial charge in [0.2, 0.25) is 5.95 Å². The smallest absolute Gasteiger partial charge is 0.348 e. The SMILES string of the molecule is O=C(NCc1ccnc(F)c1)c1ccc(Nc2ccc(Cl)c(Cl)c2)nc1C(F)(F)F. The summed E-state index contributed by atoms with van der Waals surface area (Å²) in [5.74, 6) is -1.92. The topological polar surface area (TPSA) is 66.9 Å². The van der Waals surface area contributed by atoms with Crippen LogP contribution in [-0.2, 0) is 12.7 Å². The van der Waals surface area contributed by atoms with E-state index >= 15 is 0 Å². The zero-order chi connectivity index (χ0) is 21.9. The molecule has 0 bridgehead atoms.